The van der Waals surface area contributed by atoms with E-state index in [2.05, 4.69) is 19.2 Å². The Morgan fingerprint density at radius 1 is 0.431 bits per heavy atom. The summed E-state index contributed by atoms with van der Waals surface area (Å²) < 4.78 is 0. The van der Waals surface area contributed by atoms with Gasteiger partial charge >= 0.3 is 0 Å². The Morgan fingerprint density at radius 3 is 1.00 bits per heavy atom. The van der Waals surface area contributed by atoms with Gasteiger partial charge in [0.25, 0.3) is 0 Å². The highest BCUT2D eigenvalue weighted by molar-refractivity contribution is 5.76. The third-order valence-electron chi connectivity index (χ3n) is 12.6. The summed E-state index contributed by atoms with van der Waals surface area (Å²) in [5.41, 5.74) is 0. The van der Waals surface area contributed by atoms with Gasteiger partial charge in [0.05, 0.1) is 31.3 Å². The summed E-state index contributed by atoms with van der Waals surface area (Å²) in [6.07, 6.45) is 59.6. The number of nitrogens with one attached hydrogen (secondary N) is 1. The fourth-order valence-corrected chi connectivity index (χ4v) is 8.52. The average molecular weight is 820 g/mol. The molecule has 0 aromatic carbocycles. The van der Waals surface area contributed by atoms with Crippen LogP contribution in [0.3, 0.4) is 0 Å². The Labute approximate surface area is 363 Å². The maximum atomic E-state index is 12.5. The van der Waals surface area contributed by atoms with Gasteiger partial charge in [0.1, 0.15) is 0 Å². The van der Waals surface area contributed by atoms with Crippen molar-refractivity contribution in [1.29, 1.82) is 0 Å². The fourth-order valence-electron chi connectivity index (χ4n) is 8.52. The second kappa shape index (κ2) is 48.8. The third kappa shape index (κ3) is 44.6. The number of amides is 1. The summed E-state index contributed by atoms with van der Waals surface area (Å²) in [6, 6.07) is -0.740. The number of hydrogen-bond donors (Lipinski definition) is 4. The Bertz CT molecular complexity index is 818. The van der Waals surface area contributed by atoms with E-state index in [1.54, 1.807) is 6.08 Å². The molecule has 0 heterocycles. The highest BCUT2D eigenvalue weighted by atomic mass is 16.3. The summed E-state index contributed by atoms with van der Waals surface area (Å²) in [6.45, 7) is 4.25. The van der Waals surface area contributed by atoms with Crippen molar-refractivity contribution in [2.75, 3.05) is 6.61 Å². The van der Waals surface area contributed by atoms with Crippen molar-refractivity contribution in [3.63, 3.8) is 0 Å². The van der Waals surface area contributed by atoms with Crippen molar-refractivity contribution in [1.82, 2.24) is 5.32 Å². The quantitative estimate of drug-likeness (QED) is 0.0364. The van der Waals surface area contributed by atoms with Crippen molar-refractivity contribution in [2.24, 2.45) is 0 Å². The van der Waals surface area contributed by atoms with E-state index in [1.165, 1.54) is 244 Å². The Balaban J connectivity index is 3.56. The number of allylic oxidation sites excluding steroid dienone is 1. The summed E-state index contributed by atoms with van der Waals surface area (Å²) in [5, 5.41) is 33.4. The van der Waals surface area contributed by atoms with Gasteiger partial charge in [0, 0.05) is 0 Å². The lowest BCUT2D eigenvalue weighted by atomic mass is 10.0. The Hall–Kier alpha value is -0.910. The van der Waals surface area contributed by atoms with E-state index in [4.69, 9.17) is 0 Å². The molecule has 0 aliphatic heterocycles. The van der Waals surface area contributed by atoms with Crippen LogP contribution in [0.4, 0.5) is 0 Å². The summed E-state index contributed by atoms with van der Waals surface area (Å²) >= 11 is 0. The first-order valence-electron chi connectivity index (χ1n) is 26.5. The number of hydrogen-bond acceptors (Lipinski definition) is 4. The second-order valence-corrected chi connectivity index (χ2v) is 18.5. The zero-order valence-corrected chi connectivity index (χ0v) is 39.5. The summed E-state index contributed by atoms with van der Waals surface area (Å²) in [4.78, 5) is 12.5. The molecule has 0 bridgehead atoms. The number of carbonyl (C=O) groups excluding carboxylic acids is 1. The van der Waals surface area contributed by atoms with Crippen LogP contribution in [0.1, 0.15) is 296 Å². The minimum atomic E-state index is -0.925. The van der Waals surface area contributed by atoms with Gasteiger partial charge in [-0.05, 0) is 19.3 Å². The van der Waals surface area contributed by atoms with Crippen LogP contribution in [-0.2, 0) is 4.79 Å². The largest absolute Gasteiger partial charge is 0.394 e. The van der Waals surface area contributed by atoms with Crippen LogP contribution in [-0.4, -0.2) is 46.1 Å². The predicted molar refractivity (Wildman–Crippen MR) is 255 cm³/mol. The first-order chi connectivity index (χ1) is 28.5. The van der Waals surface area contributed by atoms with E-state index in [-0.39, 0.29) is 18.9 Å². The van der Waals surface area contributed by atoms with Crippen LogP contribution in [0.2, 0.25) is 0 Å². The van der Waals surface area contributed by atoms with Crippen molar-refractivity contribution in [3.05, 3.63) is 12.2 Å². The standard InChI is InChI=1S/C53H105NO4/c1-3-5-7-9-11-13-15-17-19-21-23-25-26-27-28-30-32-34-36-38-40-42-44-46-50(56)48-53(58)54-51(49-55)52(57)47-45-43-41-39-37-35-33-31-29-24-22-20-18-16-14-12-10-8-6-4-2/h45,47,50-52,55-57H,3-44,46,48-49H2,1-2H3,(H,54,58)/b47-45+. The van der Waals surface area contributed by atoms with Crippen LogP contribution in [0.15, 0.2) is 12.2 Å². The molecule has 3 unspecified atom stereocenters. The minimum absolute atomic E-state index is 0.0194. The maximum absolute atomic E-state index is 12.5. The molecule has 0 fully saturated rings. The number of carbonyl (C=O) groups is 1. The fraction of sp³-hybridized carbons (Fsp3) is 0.943. The van der Waals surface area contributed by atoms with Crippen LogP contribution in [0, 0.1) is 0 Å². The molecule has 5 heteroatoms. The molecular formula is C53H105NO4. The van der Waals surface area contributed by atoms with Gasteiger partial charge in [-0.25, -0.2) is 0 Å². The molecule has 0 saturated carbocycles. The van der Waals surface area contributed by atoms with Gasteiger partial charge in [0.15, 0.2) is 0 Å². The van der Waals surface area contributed by atoms with E-state index >= 15 is 0 Å². The highest BCUT2D eigenvalue weighted by Gasteiger charge is 2.20. The van der Waals surface area contributed by atoms with Crippen molar-refractivity contribution in [2.45, 2.75) is 315 Å². The molecular weight excluding hydrogens is 715 g/mol. The van der Waals surface area contributed by atoms with Gasteiger partial charge in [-0.2, -0.15) is 0 Å². The summed E-state index contributed by atoms with van der Waals surface area (Å²) in [7, 11) is 0. The monoisotopic (exact) mass is 820 g/mol. The molecule has 0 saturated heterocycles. The molecule has 346 valence electrons. The second-order valence-electron chi connectivity index (χ2n) is 18.5. The van der Waals surface area contributed by atoms with Gasteiger partial charge in [-0.15, -0.1) is 0 Å². The molecule has 0 aromatic heterocycles. The molecule has 0 spiro atoms. The van der Waals surface area contributed by atoms with Crippen molar-refractivity contribution in [3.8, 4) is 0 Å². The molecule has 0 aliphatic carbocycles. The Morgan fingerprint density at radius 2 is 0.707 bits per heavy atom. The van der Waals surface area contributed by atoms with Crippen molar-refractivity contribution >= 4 is 5.91 Å². The highest BCUT2D eigenvalue weighted by Crippen LogP contribution is 2.18. The predicted octanol–water partition coefficient (Wildman–Crippen LogP) is 15.9. The normalized spacial score (nSPS) is 13.4. The van der Waals surface area contributed by atoms with Crippen LogP contribution in [0.25, 0.3) is 0 Å². The number of rotatable bonds is 49. The molecule has 5 nitrogen and oxygen atoms in total. The molecule has 0 aliphatic rings. The lowest BCUT2D eigenvalue weighted by molar-refractivity contribution is -0.124. The smallest absolute Gasteiger partial charge is 0.222 e. The molecule has 3 atom stereocenters. The molecule has 1 amide bonds. The molecule has 0 rings (SSSR count). The summed E-state index contributed by atoms with van der Waals surface area (Å²) in [5.74, 6) is -0.309. The number of aliphatic hydroxyl groups is 3. The molecule has 0 radical (unpaired) electrons. The first kappa shape index (κ1) is 57.1. The third-order valence-corrected chi connectivity index (χ3v) is 12.6. The Kier molecular flexibility index (Phi) is 48.0. The molecule has 58 heavy (non-hydrogen) atoms. The molecule has 0 aromatic rings. The SMILES string of the molecule is CCCCCCCCCCCCCCCCCCCC/C=C/C(O)C(CO)NC(=O)CC(O)CCCCCCCCCCCCCCCCCCCCCCCCC. The number of aliphatic hydroxyl groups excluding tert-OH is 3. The lowest BCUT2D eigenvalue weighted by Crippen LogP contribution is -2.45. The zero-order valence-electron chi connectivity index (χ0n) is 39.5. The van der Waals surface area contributed by atoms with Gasteiger partial charge in [-0.3, -0.25) is 4.79 Å². The zero-order chi connectivity index (χ0) is 42.3. The van der Waals surface area contributed by atoms with E-state index in [1.807, 2.05) is 6.08 Å². The maximum Gasteiger partial charge on any atom is 0.222 e. The average Bonchev–Trinajstić information content (AvgIpc) is 3.22. The minimum Gasteiger partial charge on any atom is -0.394 e. The van der Waals surface area contributed by atoms with E-state index < -0.39 is 18.2 Å². The number of unbranched alkanes of at least 4 members (excludes halogenated alkanes) is 40. The van der Waals surface area contributed by atoms with Crippen LogP contribution >= 0.6 is 0 Å². The van der Waals surface area contributed by atoms with Crippen LogP contribution in [0.5, 0.6) is 0 Å². The first-order valence-corrected chi connectivity index (χ1v) is 26.5. The van der Waals surface area contributed by atoms with Gasteiger partial charge in [-0.1, -0.05) is 283 Å². The van der Waals surface area contributed by atoms with Gasteiger partial charge in [0.2, 0.25) is 5.91 Å². The van der Waals surface area contributed by atoms with Crippen LogP contribution < -0.4 is 5.32 Å². The van der Waals surface area contributed by atoms with E-state index in [0.717, 1.165) is 25.7 Å². The van der Waals surface area contributed by atoms with Crippen molar-refractivity contribution < 1.29 is 20.1 Å². The van der Waals surface area contributed by atoms with E-state index in [0.29, 0.717) is 6.42 Å². The molecule has 4 N–H and O–H groups in total. The van der Waals surface area contributed by atoms with Gasteiger partial charge < -0.3 is 20.6 Å². The van der Waals surface area contributed by atoms with E-state index in [9.17, 15) is 20.1 Å². The topological polar surface area (TPSA) is 89.8 Å². The lowest BCUT2D eigenvalue weighted by Gasteiger charge is -2.21.